The van der Waals surface area contributed by atoms with Crippen molar-refractivity contribution in [1.82, 2.24) is 4.90 Å². The number of Topliss-reactive ketones (excluding diaryl/α,β-unsaturated/α-hetero) is 1. The Bertz CT molecular complexity index is 459. The van der Waals surface area contributed by atoms with Gasteiger partial charge in [0.1, 0.15) is 11.6 Å². The molecule has 2 rings (SSSR count). The number of carbonyl (C=O) groups excluding carboxylic acids is 1. The fourth-order valence-electron chi connectivity index (χ4n) is 2.25. The van der Waals surface area contributed by atoms with Crippen molar-refractivity contribution in [3.8, 4) is 0 Å². The monoisotopic (exact) mass is 269 g/mol. The van der Waals surface area contributed by atoms with Crippen LogP contribution in [0.25, 0.3) is 0 Å². The highest BCUT2D eigenvalue weighted by atomic mass is 19.1. The van der Waals surface area contributed by atoms with Gasteiger partial charge >= 0.3 is 0 Å². The number of carbonyl (C=O) groups is 1. The fraction of sp³-hybridized carbons (Fsp3) is 0.500. The van der Waals surface area contributed by atoms with Crippen LogP contribution in [0.2, 0.25) is 0 Å². The summed E-state index contributed by atoms with van der Waals surface area (Å²) in [6.07, 6.45) is 2.18. The van der Waals surface area contributed by atoms with Crippen LogP contribution in [-0.2, 0) is 4.74 Å². The zero-order chi connectivity index (χ0) is 13.8. The quantitative estimate of drug-likeness (QED) is 0.768. The largest absolute Gasteiger partial charge is 0.377 e. The third-order valence-corrected chi connectivity index (χ3v) is 3.18. The molecule has 19 heavy (non-hydrogen) atoms. The van der Waals surface area contributed by atoms with E-state index in [0.29, 0.717) is 6.54 Å². The normalized spacial score (nSPS) is 19.1. The van der Waals surface area contributed by atoms with Gasteiger partial charge < -0.3 is 4.74 Å². The highest BCUT2D eigenvalue weighted by molar-refractivity contribution is 5.97. The molecule has 0 spiro atoms. The van der Waals surface area contributed by atoms with Crippen LogP contribution in [0.5, 0.6) is 0 Å². The number of nitrogens with zero attached hydrogens (tertiary/aromatic N) is 1. The average Bonchev–Trinajstić information content (AvgIpc) is 2.81. The lowest BCUT2D eigenvalue weighted by Crippen LogP contribution is -2.33. The molecule has 1 aromatic rings. The molecule has 0 amide bonds. The first kappa shape index (κ1) is 14.1. The highest BCUT2D eigenvalue weighted by Crippen LogP contribution is 2.14. The minimum absolute atomic E-state index is 0.0689. The summed E-state index contributed by atoms with van der Waals surface area (Å²) in [4.78, 5) is 13.7. The van der Waals surface area contributed by atoms with E-state index in [4.69, 9.17) is 4.74 Å². The molecule has 0 aliphatic carbocycles. The molecule has 1 saturated heterocycles. The van der Waals surface area contributed by atoms with Crippen molar-refractivity contribution in [2.45, 2.75) is 18.9 Å². The Hall–Kier alpha value is -1.33. The molecule has 1 aromatic carbocycles. The van der Waals surface area contributed by atoms with Gasteiger partial charge in [-0.25, -0.2) is 8.78 Å². The molecule has 0 bridgehead atoms. The molecule has 0 saturated carbocycles. The summed E-state index contributed by atoms with van der Waals surface area (Å²) in [5.74, 6) is -1.84. The Morgan fingerprint density at radius 2 is 2.26 bits per heavy atom. The number of hydrogen-bond acceptors (Lipinski definition) is 3. The van der Waals surface area contributed by atoms with Gasteiger partial charge in [-0.1, -0.05) is 0 Å². The van der Waals surface area contributed by atoms with Crippen LogP contribution in [-0.4, -0.2) is 43.5 Å². The molecule has 0 N–H and O–H groups in total. The average molecular weight is 269 g/mol. The predicted octanol–water partition coefficient (Wildman–Crippen LogP) is 2.26. The van der Waals surface area contributed by atoms with Gasteiger partial charge in [-0.15, -0.1) is 0 Å². The Morgan fingerprint density at radius 3 is 2.89 bits per heavy atom. The number of ether oxygens (including phenoxy) is 1. The summed E-state index contributed by atoms with van der Waals surface area (Å²) >= 11 is 0. The number of likely N-dealkylation sites (N-methyl/N-ethyl adjacent to an activating group) is 1. The maximum atomic E-state index is 13.5. The molecule has 1 unspecified atom stereocenters. The Kier molecular flexibility index (Phi) is 4.61. The second-order valence-electron chi connectivity index (χ2n) is 4.88. The second-order valence-corrected chi connectivity index (χ2v) is 4.88. The van der Waals surface area contributed by atoms with E-state index in [0.717, 1.165) is 31.6 Å². The first-order valence-electron chi connectivity index (χ1n) is 6.34. The molecule has 3 nitrogen and oxygen atoms in total. The van der Waals surface area contributed by atoms with Gasteiger partial charge in [0.25, 0.3) is 0 Å². The summed E-state index contributed by atoms with van der Waals surface area (Å²) in [6.45, 7) is 1.51. The number of halogens is 2. The first-order valence-corrected chi connectivity index (χ1v) is 6.34. The minimum atomic E-state index is -0.810. The van der Waals surface area contributed by atoms with Crippen molar-refractivity contribution in [2.24, 2.45) is 0 Å². The number of hydrogen-bond donors (Lipinski definition) is 0. The predicted molar refractivity (Wildman–Crippen MR) is 67.2 cm³/mol. The van der Waals surface area contributed by atoms with Crippen molar-refractivity contribution in [3.05, 3.63) is 35.4 Å². The SMILES string of the molecule is CN(CC(=O)c1ccc(F)cc1F)CC1CCCO1. The lowest BCUT2D eigenvalue weighted by Gasteiger charge is -2.19. The smallest absolute Gasteiger partial charge is 0.179 e. The fourth-order valence-corrected chi connectivity index (χ4v) is 2.25. The lowest BCUT2D eigenvalue weighted by molar-refractivity contribution is 0.0739. The third kappa shape index (κ3) is 3.81. The molecule has 1 heterocycles. The molecular formula is C14H17F2NO2. The first-order chi connectivity index (χ1) is 9.06. The van der Waals surface area contributed by atoms with Crippen LogP contribution >= 0.6 is 0 Å². The van der Waals surface area contributed by atoms with E-state index in [9.17, 15) is 13.6 Å². The second kappa shape index (κ2) is 6.21. The van der Waals surface area contributed by atoms with E-state index in [1.165, 1.54) is 6.07 Å². The van der Waals surface area contributed by atoms with E-state index >= 15 is 0 Å². The summed E-state index contributed by atoms with van der Waals surface area (Å²) < 4.78 is 31.7. The third-order valence-electron chi connectivity index (χ3n) is 3.18. The molecule has 1 aliphatic rings. The van der Waals surface area contributed by atoms with E-state index < -0.39 is 11.6 Å². The molecule has 104 valence electrons. The van der Waals surface area contributed by atoms with Crippen molar-refractivity contribution in [2.75, 3.05) is 26.7 Å². The number of ketones is 1. The van der Waals surface area contributed by atoms with Crippen LogP contribution in [0.4, 0.5) is 8.78 Å². The molecule has 1 aliphatic heterocycles. The molecule has 0 aromatic heterocycles. The van der Waals surface area contributed by atoms with Crippen LogP contribution in [0.1, 0.15) is 23.2 Å². The summed E-state index contributed by atoms with van der Waals surface area (Å²) in [5, 5.41) is 0. The van der Waals surface area contributed by atoms with Crippen molar-refractivity contribution in [3.63, 3.8) is 0 Å². The Morgan fingerprint density at radius 1 is 1.47 bits per heavy atom. The molecule has 5 heteroatoms. The summed E-state index contributed by atoms with van der Waals surface area (Å²) in [6, 6.07) is 3.01. The zero-order valence-corrected chi connectivity index (χ0v) is 10.9. The van der Waals surface area contributed by atoms with E-state index in [2.05, 4.69) is 0 Å². The van der Waals surface area contributed by atoms with Gasteiger partial charge in [0, 0.05) is 19.2 Å². The standard InChI is InChI=1S/C14H17F2NO2/c1-17(8-11-3-2-6-19-11)9-14(18)12-5-4-10(15)7-13(12)16/h4-5,7,11H,2-3,6,8-9H2,1H3. The molecular weight excluding hydrogens is 252 g/mol. The summed E-state index contributed by atoms with van der Waals surface area (Å²) in [5.41, 5.74) is -0.0689. The minimum Gasteiger partial charge on any atom is -0.377 e. The molecule has 1 fully saturated rings. The van der Waals surface area contributed by atoms with Gasteiger partial charge in [-0.3, -0.25) is 9.69 Å². The molecule has 1 atom stereocenters. The molecule has 0 radical (unpaired) electrons. The van der Waals surface area contributed by atoms with Crippen molar-refractivity contribution >= 4 is 5.78 Å². The van der Waals surface area contributed by atoms with E-state index in [1.807, 2.05) is 0 Å². The van der Waals surface area contributed by atoms with Crippen LogP contribution in [0.3, 0.4) is 0 Å². The van der Waals surface area contributed by atoms with Crippen LogP contribution < -0.4 is 0 Å². The maximum absolute atomic E-state index is 13.5. The number of benzene rings is 1. The van der Waals surface area contributed by atoms with Crippen LogP contribution in [0, 0.1) is 11.6 Å². The maximum Gasteiger partial charge on any atom is 0.179 e. The lowest BCUT2D eigenvalue weighted by atomic mass is 10.1. The zero-order valence-electron chi connectivity index (χ0n) is 10.9. The van der Waals surface area contributed by atoms with Gasteiger partial charge in [0.05, 0.1) is 18.2 Å². The van der Waals surface area contributed by atoms with E-state index in [-0.39, 0.29) is 24.0 Å². The summed E-state index contributed by atoms with van der Waals surface area (Å²) in [7, 11) is 1.79. The highest BCUT2D eigenvalue weighted by Gasteiger charge is 2.20. The van der Waals surface area contributed by atoms with Gasteiger partial charge in [-0.05, 0) is 32.0 Å². The Labute approximate surface area is 111 Å². The number of rotatable bonds is 5. The topological polar surface area (TPSA) is 29.5 Å². The van der Waals surface area contributed by atoms with E-state index in [1.54, 1.807) is 11.9 Å². The Balaban J connectivity index is 1.92. The van der Waals surface area contributed by atoms with Crippen molar-refractivity contribution in [1.29, 1.82) is 0 Å². The van der Waals surface area contributed by atoms with Gasteiger partial charge in [-0.2, -0.15) is 0 Å². The van der Waals surface area contributed by atoms with Gasteiger partial charge in [0.15, 0.2) is 5.78 Å². The van der Waals surface area contributed by atoms with Crippen LogP contribution in [0.15, 0.2) is 18.2 Å². The van der Waals surface area contributed by atoms with Gasteiger partial charge in [0.2, 0.25) is 0 Å². The van der Waals surface area contributed by atoms with Crippen molar-refractivity contribution < 1.29 is 18.3 Å².